The zero-order valence-corrected chi connectivity index (χ0v) is 10.9. The second-order valence-electron chi connectivity index (χ2n) is 4.56. The largest absolute Gasteiger partial charge is 0.480 e. The molecule has 0 aliphatic carbocycles. The molecule has 0 bridgehead atoms. The van der Waals surface area contributed by atoms with Gasteiger partial charge >= 0.3 is 5.97 Å². The number of benzene rings is 1. The van der Waals surface area contributed by atoms with Gasteiger partial charge in [-0.3, -0.25) is 4.79 Å². The van der Waals surface area contributed by atoms with Crippen molar-refractivity contribution in [1.29, 1.82) is 0 Å². The molecule has 1 amide bonds. The highest BCUT2D eigenvalue weighted by atomic mass is 35.5. The van der Waals surface area contributed by atoms with Crippen LogP contribution in [-0.4, -0.2) is 45.7 Å². The molecule has 102 valence electrons. The minimum absolute atomic E-state index is 0.0379. The molecule has 1 aromatic carbocycles. The average Bonchev–Trinajstić information content (AvgIpc) is 2.74. The maximum absolute atomic E-state index is 12.1. The van der Waals surface area contributed by atoms with E-state index >= 15 is 0 Å². The van der Waals surface area contributed by atoms with Crippen molar-refractivity contribution in [3.05, 3.63) is 34.9 Å². The quantitative estimate of drug-likeness (QED) is 0.865. The molecule has 1 heterocycles. The molecule has 2 N–H and O–H groups in total. The van der Waals surface area contributed by atoms with Gasteiger partial charge in [-0.2, -0.15) is 0 Å². The van der Waals surface area contributed by atoms with E-state index in [1.165, 1.54) is 4.90 Å². The lowest BCUT2D eigenvalue weighted by molar-refractivity contribution is -0.148. The number of hydrogen-bond acceptors (Lipinski definition) is 3. The highest BCUT2D eigenvalue weighted by molar-refractivity contribution is 6.31. The van der Waals surface area contributed by atoms with Crippen LogP contribution >= 0.6 is 11.6 Å². The third-order valence-electron chi connectivity index (χ3n) is 3.18. The number of rotatable bonds is 3. The Labute approximate surface area is 115 Å². The molecule has 0 radical (unpaired) electrons. The minimum atomic E-state index is -1.09. The van der Waals surface area contributed by atoms with Crippen LogP contribution < -0.4 is 0 Å². The molecule has 1 fully saturated rings. The molecule has 6 heteroatoms. The lowest BCUT2D eigenvalue weighted by Gasteiger charge is -2.21. The molecule has 5 nitrogen and oxygen atoms in total. The van der Waals surface area contributed by atoms with Crippen molar-refractivity contribution >= 4 is 23.5 Å². The summed E-state index contributed by atoms with van der Waals surface area (Å²) in [6.45, 7) is 0.0558. The summed E-state index contributed by atoms with van der Waals surface area (Å²) in [4.78, 5) is 24.4. The average molecular weight is 284 g/mol. The fourth-order valence-corrected chi connectivity index (χ4v) is 2.43. The number of hydrogen-bond donors (Lipinski definition) is 2. The summed E-state index contributed by atoms with van der Waals surface area (Å²) in [6.07, 6.45) is -0.670. The summed E-state index contributed by atoms with van der Waals surface area (Å²) in [5.41, 5.74) is 0.652. The number of carboxylic acid groups (broad SMARTS) is 1. The summed E-state index contributed by atoms with van der Waals surface area (Å²) in [6, 6.07) is 5.98. The van der Waals surface area contributed by atoms with Crippen LogP contribution in [0.5, 0.6) is 0 Å². The first-order valence-electron chi connectivity index (χ1n) is 5.92. The second-order valence-corrected chi connectivity index (χ2v) is 4.97. The van der Waals surface area contributed by atoms with Gasteiger partial charge in [0.25, 0.3) is 0 Å². The summed E-state index contributed by atoms with van der Waals surface area (Å²) in [7, 11) is 0. The highest BCUT2D eigenvalue weighted by Crippen LogP contribution is 2.21. The molecule has 0 saturated carbocycles. The van der Waals surface area contributed by atoms with Gasteiger partial charge in [-0.1, -0.05) is 29.8 Å². The van der Waals surface area contributed by atoms with Crippen LogP contribution in [0, 0.1) is 0 Å². The molecule has 1 aromatic rings. The van der Waals surface area contributed by atoms with Gasteiger partial charge < -0.3 is 15.1 Å². The number of aliphatic hydroxyl groups is 1. The number of carbonyl (C=O) groups excluding carboxylic acids is 1. The first kappa shape index (κ1) is 13.8. The molecular weight excluding hydrogens is 270 g/mol. The number of nitrogens with zero attached hydrogens (tertiary/aromatic N) is 1. The number of aliphatic hydroxyl groups excluding tert-OH is 1. The van der Waals surface area contributed by atoms with Crippen LogP contribution in [-0.2, 0) is 16.0 Å². The molecule has 1 saturated heterocycles. The minimum Gasteiger partial charge on any atom is -0.480 e. The van der Waals surface area contributed by atoms with Crippen molar-refractivity contribution in [2.75, 3.05) is 6.54 Å². The van der Waals surface area contributed by atoms with Crippen molar-refractivity contribution < 1.29 is 19.8 Å². The maximum atomic E-state index is 12.1. The van der Waals surface area contributed by atoms with E-state index < -0.39 is 18.1 Å². The Hall–Kier alpha value is -1.59. The fourth-order valence-electron chi connectivity index (χ4n) is 2.23. The van der Waals surface area contributed by atoms with Crippen LogP contribution in [0.1, 0.15) is 12.0 Å². The number of halogens is 1. The van der Waals surface area contributed by atoms with E-state index in [1.807, 2.05) is 0 Å². The van der Waals surface area contributed by atoms with Gasteiger partial charge in [0.2, 0.25) is 5.91 Å². The fraction of sp³-hybridized carbons (Fsp3) is 0.385. The van der Waals surface area contributed by atoms with E-state index in [1.54, 1.807) is 24.3 Å². The zero-order chi connectivity index (χ0) is 14.0. The standard InChI is InChI=1S/C13H14ClNO4/c14-10-4-2-1-3-8(10)5-12(17)15-7-9(16)6-11(15)13(18)19/h1-4,9,11,16H,5-7H2,(H,18,19)/t9-,11+/m1/s1. The zero-order valence-electron chi connectivity index (χ0n) is 10.1. The Bertz CT molecular complexity index is 505. The van der Waals surface area contributed by atoms with E-state index in [0.717, 1.165) is 0 Å². The van der Waals surface area contributed by atoms with Crippen LogP contribution in [0.4, 0.5) is 0 Å². The summed E-state index contributed by atoms with van der Waals surface area (Å²) >= 11 is 5.97. The number of β-amino-alcohol motifs (C(OH)–C–C–N with tert-alkyl or cyclic N) is 1. The molecule has 1 aliphatic heterocycles. The van der Waals surface area contributed by atoms with Gasteiger partial charge in [0.15, 0.2) is 0 Å². The van der Waals surface area contributed by atoms with Gasteiger partial charge in [0.1, 0.15) is 6.04 Å². The van der Waals surface area contributed by atoms with Gasteiger partial charge in [-0.25, -0.2) is 4.79 Å². The number of carboxylic acids is 1. The van der Waals surface area contributed by atoms with E-state index in [4.69, 9.17) is 16.7 Å². The number of carbonyl (C=O) groups is 2. The summed E-state index contributed by atoms with van der Waals surface area (Å²) in [5.74, 6) is -1.43. The number of aliphatic carboxylic acids is 1. The van der Waals surface area contributed by atoms with Crippen molar-refractivity contribution in [1.82, 2.24) is 4.90 Å². The molecule has 2 rings (SSSR count). The predicted molar refractivity (Wildman–Crippen MR) is 68.9 cm³/mol. The van der Waals surface area contributed by atoms with Crippen LogP contribution in [0.15, 0.2) is 24.3 Å². The van der Waals surface area contributed by atoms with Crippen LogP contribution in [0.3, 0.4) is 0 Å². The SMILES string of the molecule is O=C(O)[C@@H]1C[C@@H](O)CN1C(=O)Cc1ccccc1Cl. The lowest BCUT2D eigenvalue weighted by Crippen LogP contribution is -2.41. The van der Waals surface area contributed by atoms with Crippen molar-refractivity contribution in [2.24, 2.45) is 0 Å². The Balaban J connectivity index is 2.11. The van der Waals surface area contributed by atoms with Crippen LogP contribution in [0.25, 0.3) is 0 Å². The van der Waals surface area contributed by atoms with Gasteiger partial charge in [0, 0.05) is 18.0 Å². The third-order valence-corrected chi connectivity index (χ3v) is 3.55. The normalized spacial score (nSPS) is 22.5. The van der Waals surface area contributed by atoms with E-state index in [0.29, 0.717) is 10.6 Å². The van der Waals surface area contributed by atoms with Crippen molar-refractivity contribution in [3.63, 3.8) is 0 Å². The number of amides is 1. The van der Waals surface area contributed by atoms with E-state index in [9.17, 15) is 14.7 Å². The Morgan fingerprint density at radius 3 is 2.68 bits per heavy atom. The van der Waals surface area contributed by atoms with E-state index in [2.05, 4.69) is 0 Å². The van der Waals surface area contributed by atoms with E-state index in [-0.39, 0.29) is 25.3 Å². The maximum Gasteiger partial charge on any atom is 0.326 e. The molecule has 1 aliphatic rings. The van der Waals surface area contributed by atoms with Crippen molar-refractivity contribution in [2.45, 2.75) is 25.0 Å². The predicted octanol–water partition coefficient (Wildman–Crippen LogP) is 0.929. The smallest absolute Gasteiger partial charge is 0.326 e. The summed E-state index contributed by atoms with van der Waals surface area (Å²) in [5, 5.41) is 19.0. The topological polar surface area (TPSA) is 77.8 Å². The first-order valence-corrected chi connectivity index (χ1v) is 6.30. The lowest BCUT2D eigenvalue weighted by atomic mass is 10.1. The highest BCUT2D eigenvalue weighted by Gasteiger charge is 2.38. The third kappa shape index (κ3) is 3.05. The summed E-state index contributed by atoms with van der Waals surface area (Å²) < 4.78 is 0. The van der Waals surface area contributed by atoms with Crippen molar-refractivity contribution in [3.8, 4) is 0 Å². The Morgan fingerprint density at radius 1 is 1.37 bits per heavy atom. The molecule has 0 unspecified atom stereocenters. The molecule has 19 heavy (non-hydrogen) atoms. The molecule has 0 spiro atoms. The first-order chi connectivity index (χ1) is 8.99. The molecular formula is C13H14ClNO4. The molecule has 0 aromatic heterocycles. The number of likely N-dealkylation sites (tertiary alicyclic amines) is 1. The molecule has 2 atom stereocenters. The van der Waals surface area contributed by atoms with Gasteiger partial charge in [-0.15, -0.1) is 0 Å². The van der Waals surface area contributed by atoms with Gasteiger partial charge in [0.05, 0.1) is 12.5 Å². The van der Waals surface area contributed by atoms with Gasteiger partial charge in [-0.05, 0) is 11.6 Å². The second kappa shape index (κ2) is 5.59. The Morgan fingerprint density at radius 2 is 2.05 bits per heavy atom. The Kier molecular flexibility index (Phi) is 4.07. The monoisotopic (exact) mass is 283 g/mol. The van der Waals surface area contributed by atoms with Crippen LogP contribution in [0.2, 0.25) is 5.02 Å².